The molecule has 5 heteroatoms. The maximum Gasteiger partial charge on any atom is 0.270 e. The predicted octanol–water partition coefficient (Wildman–Crippen LogP) is 2.32. The second-order valence-corrected chi connectivity index (χ2v) is 5.63. The van der Waals surface area contributed by atoms with Crippen LogP contribution < -0.4 is 10.2 Å². The maximum atomic E-state index is 12.3. The van der Waals surface area contributed by atoms with Crippen LogP contribution in [0.4, 0.5) is 5.82 Å². The molecule has 1 aromatic carbocycles. The van der Waals surface area contributed by atoms with Gasteiger partial charge in [-0.05, 0) is 25.3 Å². The predicted molar refractivity (Wildman–Crippen MR) is 85.8 cm³/mol. The van der Waals surface area contributed by atoms with Crippen LogP contribution in [0.25, 0.3) is 0 Å². The molecule has 2 aromatic rings. The lowest BCUT2D eigenvalue weighted by molar-refractivity contribution is 0.0945. The zero-order valence-corrected chi connectivity index (χ0v) is 12.7. The van der Waals surface area contributed by atoms with Gasteiger partial charge in [0.2, 0.25) is 0 Å². The van der Waals surface area contributed by atoms with Crippen molar-refractivity contribution in [3.8, 4) is 0 Å². The van der Waals surface area contributed by atoms with E-state index < -0.39 is 0 Å². The number of nitrogens with zero attached hydrogens (tertiary/aromatic N) is 3. The topological polar surface area (TPSA) is 58.1 Å². The van der Waals surface area contributed by atoms with Gasteiger partial charge >= 0.3 is 0 Å². The van der Waals surface area contributed by atoms with Gasteiger partial charge in [0, 0.05) is 25.7 Å². The van der Waals surface area contributed by atoms with Crippen molar-refractivity contribution >= 4 is 11.7 Å². The molecule has 0 spiro atoms. The van der Waals surface area contributed by atoms with E-state index in [1.165, 1.54) is 24.7 Å². The van der Waals surface area contributed by atoms with Crippen LogP contribution in [0, 0.1) is 6.92 Å². The highest BCUT2D eigenvalue weighted by Crippen LogP contribution is 2.17. The number of nitrogens with one attached hydrogen (secondary N) is 1. The Labute approximate surface area is 130 Å². The summed E-state index contributed by atoms with van der Waals surface area (Å²) in [7, 11) is 0. The lowest BCUT2D eigenvalue weighted by Crippen LogP contribution is -2.25. The molecule has 2 heterocycles. The van der Waals surface area contributed by atoms with Crippen molar-refractivity contribution in [2.24, 2.45) is 0 Å². The molecule has 1 saturated heterocycles. The van der Waals surface area contributed by atoms with Gasteiger partial charge in [-0.25, -0.2) is 9.97 Å². The Hall–Kier alpha value is -2.43. The van der Waals surface area contributed by atoms with E-state index in [4.69, 9.17) is 0 Å². The van der Waals surface area contributed by atoms with Crippen molar-refractivity contribution in [3.63, 3.8) is 0 Å². The van der Waals surface area contributed by atoms with Crippen LogP contribution in [0.3, 0.4) is 0 Å². The van der Waals surface area contributed by atoms with Gasteiger partial charge in [0.25, 0.3) is 5.91 Å². The number of anilines is 1. The van der Waals surface area contributed by atoms with E-state index in [1.807, 2.05) is 25.1 Å². The van der Waals surface area contributed by atoms with Crippen LogP contribution in [-0.4, -0.2) is 29.0 Å². The number of amides is 1. The largest absolute Gasteiger partial charge is 0.357 e. The second kappa shape index (κ2) is 6.56. The smallest absolute Gasteiger partial charge is 0.270 e. The quantitative estimate of drug-likeness (QED) is 0.940. The normalized spacial score (nSPS) is 14.1. The average Bonchev–Trinajstić information content (AvgIpc) is 3.07. The Morgan fingerprint density at radius 1 is 1.23 bits per heavy atom. The molecule has 22 heavy (non-hydrogen) atoms. The number of hydrogen-bond acceptors (Lipinski definition) is 4. The fourth-order valence-electron chi connectivity index (χ4n) is 2.69. The molecule has 0 saturated carbocycles. The summed E-state index contributed by atoms with van der Waals surface area (Å²) in [6, 6.07) is 9.88. The first-order valence-corrected chi connectivity index (χ1v) is 7.63. The number of benzene rings is 1. The molecule has 0 aliphatic carbocycles. The van der Waals surface area contributed by atoms with Gasteiger partial charge < -0.3 is 10.2 Å². The third kappa shape index (κ3) is 3.42. The summed E-state index contributed by atoms with van der Waals surface area (Å²) in [4.78, 5) is 22.8. The van der Waals surface area contributed by atoms with E-state index in [0.29, 0.717) is 12.2 Å². The van der Waals surface area contributed by atoms with Gasteiger partial charge in [-0.1, -0.05) is 29.8 Å². The van der Waals surface area contributed by atoms with Crippen molar-refractivity contribution in [1.82, 2.24) is 15.3 Å². The Bertz CT molecular complexity index is 665. The standard InChI is InChI=1S/C17H20N4O/c1-13-5-4-6-14(9-13)11-18-17(22)15-10-16(20-12-19-15)21-7-2-3-8-21/h4-6,9-10,12H,2-3,7-8,11H2,1H3,(H,18,22). The molecule has 0 unspecified atom stereocenters. The van der Waals surface area contributed by atoms with Gasteiger partial charge in [-0.2, -0.15) is 0 Å². The Balaban J connectivity index is 1.65. The van der Waals surface area contributed by atoms with E-state index >= 15 is 0 Å². The van der Waals surface area contributed by atoms with E-state index in [9.17, 15) is 4.79 Å². The van der Waals surface area contributed by atoms with Crippen molar-refractivity contribution in [2.45, 2.75) is 26.3 Å². The fraction of sp³-hybridized carbons (Fsp3) is 0.353. The average molecular weight is 296 g/mol. The maximum absolute atomic E-state index is 12.3. The van der Waals surface area contributed by atoms with Crippen molar-refractivity contribution in [1.29, 1.82) is 0 Å². The Morgan fingerprint density at radius 3 is 2.82 bits per heavy atom. The van der Waals surface area contributed by atoms with Crippen molar-refractivity contribution in [2.75, 3.05) is 18.0 Å². The molecular formula is C17H20N4O. The zero-order chi connectivity index (χ0) is 15.4. The van der Waals surface area contributed by atoms with Crippen molar-refractivity contribution < 1.29 is 4.79 Å². The number of carbonyl (C=O) groups is 1. The summed E-state index contributed by atoms with van der Waals surface area (Å²) < 4.78 is 0. The highest BCUT2D eigenvalue weighted by molar-refractivity contribution is 5.92. The van der Waals surface area contributed by atoms with E-state index in [2.05, 4.69) is 26.3 Å². The minimum Gasteiger partial charge on any atom is -0.357 e. The van der Waals surface area contributed by atoms with Crippen LogP contribution in [0.15, 0.2) is 36.7 Å². The SMILES string of the molecule is Cc1cccc(CNC(=O)c2cc(N3CCCC3)ncn2)c1. The lowest BCUT2D eigenvalue weighted by atomic mass is 10.1. The Kier molecular flexibility index (Phi) is 4.32. The minimum absolute atomic E-state index is 0.163. The molecule has 5 nitrogen and oxygen atoms in total. The molecule has 1 fully saturated rings. The Morgan fingerprint density at radius 2 is 2.05 bits per heavy atom. The molecule has 1 amide bonds. The molecule has 1 aliphatic rings. The number of carbonyl (C=O) groups excluding carboxylic acids is 1. The van der Waals surface area contributed by atoms with E-state index in [1.54, 1.807) is 6.07 Å². The van der Waals surface area contributed by atoms with Gasteiger partial charge in [-0.3, -0.25) is 4.79 Å². The number of aromatic nitrogens is 2. The van der Waals surface area contributed by atoms with E-state index in [0.717, 1.165) is 24.5 Å². The van der Waals surface area contributed by atoms with Gasteiger partial charge in [0.15, 0.2) is 0 Å². The third-order valence-electron chi connectivity index (χ3n) is 3.85. The van der Waals surface area contributed by atoms with Gasteiger partial charge in [0.05, 0.1) is 0 Å². The van der Waals surface area contributed by atoms with E-state index in [-0.39, 0.29) is 5.91 Å². The molecule has 1 N–H and O–H groups in total. The molecular weight excluding hydrogens is 276 g/mol. The lowest BCUT2D eigenvalue weighted by Gasteiger charge is -2.16. The molecule has 114 valence electrons. The summed E-state index contributed by atoms with van der Waals surface area (Å²) in [6.07, 6.45) is 3.83. The first kappa shape index (κ1) is 14.5. The molecule has 1 aliphatic heterocycles. The molecule has 0 bridgehead atoms. The fourth-order valence-corrected chi connectivity index (χ4v) is 2.69. The van der Waals surface area contributed by atoms with Crippen LogP contribution >= 0.6 is 0 Å². The molecule has 1 aromatic heterocycles. The number of hydrogen-bond donors (Lipinski definition) is 1. The number of rotatable bonds is 4. The highest BCUT2D eigenvalue weighted by atomic mass is 16.1. The zero-order valence-electron chi connectivity index (χ0n) is 12.7. The molecule has 0 atom stereocenters. The molecule has 3 rings (SSSR count). The van der Waals surface area contributed by atoms with Crippen LogP contribution in [-0.2, 0) is 6.54 Å². The van der Waals surface area contributed by atoms with Crippen LogP contribution in [0.5, 0.6) is 0 Å². The first-order chi connectivity index (χ1) is 10.7. The summed E-state index contributed by atoms with van der Waals surface area (Å²) in [5, 5.41) is 2.91. The number of aryl methyl sites for hydroxylation is 1. The second-order valence-electron chi connectivity index (χ2n) is 5.63. The first-order valence-electron chi connectivity index (χ1n) is 7.63. The van der Waals surface area contributed by atoms with Gasteiger partial charge in [0.1, 0.15) is 17.8 Å². The molecule has 0 radical (unpaired) electrons. The third-order valence-corrected chi connectivity index (χ3v) is 3.85. The monoisotopic (exact) mass is 296 g/mol. The highest BCUT2D eigenvalue weighted by Gasteiger charge is 2.16. The summed E-state index contributed by atoms with van der Waals surface area (Å²) >= 11 is 0. The summed E-state index contributed by atoms with van der Waals surface area (Å²) in [5.74, 6) is 0.678. The van der Waals surface area contributed by atoms with Crippen LogP contribution in [0.2, 0.25) is 0 Å². The van der Waals surface area contributed by atoms with Crippen molar-refractivity contribution in [3.05, 3.63) is 53.5 Å². The minimum atomic E-state index is -0.163. The van der Waals surface area contributed by atoms with Crippen LogP contribution in [0.1, 0.15) is 34.5 Å². The van der Waals surface area contributed by atoms with Gasteiger partial charge in [-0.15, -0.1) is 0 Å². The summed E-state index contributed by atoms with van der Waals surface area (Å²) in [5.41, 5.74) is 2.69. The summed E-state index contributed by atoms with van der Waals surface area (Å²) in [6.45, 7) is 4.55.